The number of nitrogens with one attached hydrogen (secondary N) is 1. The fourth-order valence-corrected chi connectivity index (χ4v) is 3.91. The van der Waals surface area contributed by atoms with E-state index in [0.717, 1.165) is 16.7 Å². The zero-order valence-electron chi connectivity index (χ0n) is 14.8. The number of hydrogen-bond donors (Lipinski definition) is 1. The summed E-state index contributed by atoms with van der Waals surface area (Å²) in [4.78, 5) is 15.5. The lowest BCUT2D eigenvalue weighted by atomic mass is 10.0. The SMILES string of the molecule is CC(Oc1cc(-c2csc(C(F)F)n2)cc2nn(C)cc12)C1CNC(=O)C1. The smallest absolute Gasteiger partial charge is 0.289 e. The van der Waals surface area contributed by atoms with Crippen molar-refractivity contribution in [2.24, 2.45) is 13.0 Å². The first-order chi connectivity index (χ1) is 12.9. The summed E-state index contributed by atoms with van der Waals surface area (Å²) in [6.45, 7) is 2.51. The summed E-state index contributed by atoms with van der Waals surface area (Å²) in [6, 6.07) is 3.62. The normalized spacial score (nSPS) is 18.3. The average Bonchev–Trinajstić information content (AvgIpc) is 3.32. The molecule has 1 N–H and O–H groups in total. The molecule has 1 aliphatic rings. The second-order valence-electron chi connectivity index (χ2n) is 6.67. The summed E-state index contributed by atoms with van der Waals surface area (Å²) in [5, 5.41) is 9.46. The standard InChI is InChI=1S/C18H18F2N4O2S/c1-9(11-5-16(25)21-6-11)26-15-4-10(3-13-12(15)7-24(2)23-13)14-8-27-18(22-14)17(19)20/h3-4,7-9,11,17H,5-6H2,1-2H3,(H,21,25). The fraction of sp³-hybridized carbons (Fsp3) is 0.389. The van der Waals surface area contributed by atoms with E-state index in [0.29, 0.717) is 35.5 Å². The molecule has 4 rings (SSSR count). The Balaban J connectivity index is 1.70. The number of aryl methyl sites for hydroxylation is 1. The van der Waals surface area contributed by atoms with Gasteiger partial charge in [0.2, 0.25) is 5.91 Å². The van der Waals surface area contributed by atoms with Gasteiger partial charge in [-0.05, 0) is 19.1 Å². The first-order valence-electron chi connectivity index (χ1n) is 8.55. The monoisotopic (exact) mass is 392 g/mol. The van der Waals surface area contributed by atoms with Crippen molar-refractivity contribution in [2.75, 3.05) is 6.54 Å². The van der Waals surface area contributed by atoms with Gasteiger partial charge in [-0.1, -0.05) is 0 Å². The van der Waals surface area contributed by atoms with E-state index in [4.69, 9.17) is 4.74 Å². The van der Waals surface area contributed by atoms with Gasteiger partial charge in [0.05, 0.1) is 16.6 Å². The number of amides is 1. The topological polar surface area (TPSA) is 69.0 Å². The number of carbonyl (C=O) groups excluding carboxylic acids is 1. The largest absolute Gasteiger partial charge is 0.490 e. The lowest BCUT2D eigenvalue weighted by Gasteiger charge is -2.20. The van der Waals surface area contributed by atoms with Crippen molar-refractivity contribution < 1.29 is 18.3 Å². The molecule has 1 aliphatic heterocycles. The predicted octanol–water partition coefficient (Wildman–Crippen LogP) is 3.54. The molecule has 0 spiro atoms. The zero-order valence-corrected chi connectivity index (χ0v) is 15.6. The third kappa shape index (κ3) is 3.51. The highest BCUT2D eigenvalue weighted by molar-refractivity contribution is 7.10. The molecule has 0 radical (unpaired) electrons. The van der Waals surface area contributed by atoms with Gasteiger partial charge in [-0.3, -0.25) is 9.48 Å². The van der Waals surface area contributed by atoms with Crippen LogP contribution in [0, 0.1) is 5.92 Å². The molecule has 2 atom stereocenters. The van der Waals surface area contributed by atoms with E-state index >= 15 is 0 Å². The van der Waals surface area contributed by atoms with Crippen LogP contribution in [0.4, 0.5) is 8.78 Å². The van der Waals surface area contributed by atoms with Crippen LogP contribution in [0.1, 0.15) is 24.8 Å². The number of aromatic nitrogens is 3. The molecule has 0 saturated carbocycles. The second-order valence-corrected chi connectivity index (χ2v) is 7.56. The quantitative estimate of drug-likeness (QED) is 0.721. The maximum Gasteiger partial charge on any atom is 0.289 e. The molecule has 142 valence electrons. The molecule has 6 nitrogen and oxygen atoms in total. The van der Waals surface area contributed by atoms with Crippen molar-refractivity contribution in [2.45, 2.75) is 25.9 Å². The maximum atomic E-state index is 12.9. The van der Waals surface area contributed by atoms with E-state index in [1.807, 2.05) is 26.2 Å². The fourth-order valence-electron chi connectivity index (χ4n) is 3.23. The third-order valence-corrected chi connectivity index (χ3v) is 5.54. The minimum Gasteiger partial charge on any atom is -0.490 e. The molecule has 9 heteroatoms. The van der Waals surface area contributed by atoms with Crippen LogP contribution in [0.2, 0.25) is 0 Å². The van der Waals surface area contributed by atoms with E-state index in [1.165, 1.54) is 0 Å². The molecule has 3 aromatic rings. The second kappa shape index (κ2) is 6.88. The van der Waals surface area contributed by atoms with Gasteiger partial charge in [0, 0.05) is 43.1 Å². The molecule has 1 amide bonds. The summed E-state index contributed by atoms with van der Waals surface area (Å²) in [5.41, 5.74) is 1.84. The number of nitrogens with zero attached hydrogens (tertiary/aromatic N) is 3. The minimum absolute atomic E-state index is 0.0257. The number of halogens is 2. The lowest BCUT2D eigenvalue weighted by Crippen LogP contribution is -2.25. The molecule has 0 aliphatic carbocycles. The molecule has 2 unspecified atom stereocenters. The van der Waals surface area contributed by atoms with E-state index < -0.39 is 6.43 Å². The Hall–Kier alpha value is -2.55. The van der Waals surface area contributed by atoms with E-state index in [2.05, 4.69) is 15.4 Å². The zero-order chi connectivity index (χ0) is 19.1. The number of benzene rings is 1. The summed E-state index contributed by atoms with van der Waals surface area (Å²) in [5.74, 6) is 0.712. The minimum atomic E-state index is -2.59. The van der Waals surface area contributed by atoms with Crippen LogP contribution in [-0.2, 0) is 11.8 Å². The van der Waals surface area contributed by atoms with Crippen molar-refractivity contribution in [3.8, 4) is 17.0 Å². The Kier molecular flexibility index (Phi) is 4.55. The van der Waals surface area contributed by atoms with Crippen LogP contribution >= 0.6 is 11.3 Å². The molecule has 1 fully saturated rings. The molecule has 1 aromatic carbocycles. The number of carbonyl (C=O) groups is 1. The Labute approximate surface area is 158 Å². The van der Waals surface area contributed by atoms with Crippen LogP contribution in [0.5, 0.6) is 5.75 Å². The van der Waals surface area contributed by atoms with Crippen LogP contribution in [0.15, 0.2) is 23.7 Å². The maximum absolute atomic E-state index is 12.9. The molecule has 27 heavy (non-hydrogen) atoms. The third-order valence-electron chi connectivity index (χ3n) is 4.69. The average molecular weight is 392 g/mol. The Morgan fingerprint density at radius 2 is 2.22 bits per heavy atom. The van der Waals surface area contributed by atoms with Crippen LogP contribution in [-0.4, -0.2) is 33.3 Å². The summed E-state index contributed by atoms with van der Waals surface area (Å²) >= 11 is 0.930. The van der Waals surface area contributed by atoms with Crippen molar-refractivity contribution in [1.29, 1.82) is 0 Å². The Bertz CT molecular complexity index is 1000. The number of alkyl halides is 2. The number of rotatable bonds is 5. The molecule has 2 aromatic heterocycles. The number of fused-ring (bicyclic) bond motifs is 1. The molecular weight excluding hydrogens is 374 g/mol. The van der Waals surface area contributed by atoms with Gasteiger partial charge < -0.3 is 10.1 Å². The summed E-state index contributed by atoms with van der Waals surface area (Å²) < 4.78 is 33.6. The van der Waals surface area contributed by atoms with Gasteiger partial charge in [-0.15, -0.1) is 11.3 Å². The summed E-state index contributed by atoms with van der Waals surface area (Å²) in [6.07, 6.45) is -0.494. The van der Waals surface area contributed by atoms with E-state index in [1.54, 1.807) is 16.1 Å². The molecule has 1 saturated heterocycles. The predicted molar refractivity (Wildman–Crippen MR) is 98.0 cm³/mol. The highest BCUT2D eigenvalue weighted by Gasteiger charge is 2.28. The molecule has 0 bridgehead atoms. The highest BCUT2D eigenvalue weighted by atomic mass is 32.1. The summed E-state index contributed by atoms with van der Waals surface area (Å²) in [7, 11) is 1.81. The van der Waals surface area contributed by atoms with Gasteiger partial charge in [0.1, 0.15) is 11.9 Å². The van der Waals surface area contributed by atoms with Crippen LogP contribution in [0.25, 0.3) is 22.2 Å². The first kappa shape index (κ1) is 17.8. The number of hydrogen-bond acceptors (Lipinski definition) is 5. The Morgan fingerprint density at radius 3 is 2.89 bits per heavy atom. The van der Waals surface area contributed by atoms with Gasteiger partial charge in [-0.2, -0.15) is 5.10 Å². The lowest BCUT2D eigenvalue weighted by molar-refractivity contribution is -0.119. The van der Waals surface area contributed by atoms with Crippen molar-refractivity contribution in [3.05, 3.63) is 28.7 Å². The van der Waals surface area contributed by atoms with E-state index in [-0.39, 0.29) is 22.9 Å². The van der Waals surface area contributed by atoms with Crippen LogP contribution in [0.3, 0.4) is 0 Å². The van der Waals surface area contributed by atoms with Gasteiger partial charge in [0.25, 0.3) is 6.43 Å². The number of thiazole rings is 1. The van der Waals surface area contributed by atoms with Crippen molar-refractivity contribution in [3.63, 3.8) is 0 Å². The van der Waals surface area contributed by atoms with Gasteiger partial charge in [0.15, 0.2) is 5.01 Å². The van der Waals surface area contributed by atoms with Gasteiger partial charge in [-0.25, -0.2) is 13.8 Å². The van der Waals surface area contributed by atoms with E-state index in [9.17, 15) is 13.6 Å². The molecular formula is C18H18F2N4O2S. The molecule has 3 heterocycles. The van der Waals surface area contributed by atoms with Crippen molar-refractivity contribution in [1.82, 2.24) is 20.1 Å². The van der Waals surface area contributed by atoms with Crippen LogP contribution < -0.4 is 10.1 Å². The van der Waals surface area contributed by atoms with Gasteiger partial charge >= 0.3 is 0 Å². The highest BCUT2D eigenvalue weighted by Crippen LogP contribution is 2.35. The number of ether oxygens (including phenoxy) is 1. The Morgan fingerprint density at radius 1 is 1.41 bits per heavy atom. The van der Waals surface area contributed by atoms with Crippen molar-refractivity contribution >= 4 is 28.1 Å². The first-order valence-corrected chi connectivity index (χ1v) is 9.43.